The van der Waals surface area contributed by atoms with E-state index in [4.69, 9.17) is 14.4 Å². The van der Waals surface area contributed by atoms with Gasteiger partial charge in [-0.05, 0) is 40.8 Å². The summed E-state index contributed by atoms with van der Waals surface area (Å²) in [6, 6.07) is 53.0. The molecule has 0 spiro atoms. The molecule has 10 rings (SSSR count). The van der Waals surface area contributed by atoms with Crippen LogP contribution in [-0.4, -0.2) is 14.5 Å². The van der Waals surface area contributed by atoms with Crippen LogP contribution >= 0.6 is 0 Å². The fourth-order valence-electron chi connectivity index (χ4n) is 7.11. The molecule has 4 nitrogen and oxygen atoms in total. The first-order chi connectivity index (χ1) is 22.8. The van der Waals surface area contributed by atoms with E-state index in [1.54, 1.807) is 0 Å². The van der Waals surface area contributed by atoms with Gasteiger partial charge in [-0.1, -0.05) is 121 Å². The minimum Gasteiger partial charge on any atom is -0.455 e. The van der Waals surface area contributed by atoms with Crippen LogP contribution in [-0.2, 0) is 0 Å². The van der Waals surface area contributed by atoms with Crippen LogP contribution in [0.25, 0.3) is 93.8 Å². The summed E-state index contributed by atoms with van der Waals surface area (Å²) in [5, 5.41) is 7.81. The molecule has 0 saturated heterocycles. The average molecular weight is 588 g/mol. The highest BCUT2D eigenvalue weighted by molar-refractivity contribution is 6.22. The van der Waals surface area contributed by atoms with E-state index in [0.717, 1.165) is 71.3 Å². The molecule has 7 aromatic carbocycles. The minimum absolute atomic E-state index is 0.635. The quantitative estimate of drug-likeness (QED) is 0.207. The minimum atomic E-state index is 0.635. The van der Waals surface area contributed by atoms with Crippen LogP contribution in [0.2, 0.25) is 0 Å². The Morgan fingerprint density at radius 2 is 1.09 bits per heavy atom. The predicted octanol–water partition coefficient (Wildman–Crippen LogP) is 11.1. The van der Waals surface area contributed by atoms with Crippen molar-refractivity contribution < 1.29 is 4.42 Å². The number of para-hydroxylation sites is 2. The molecule has 0 unspecified atom stereocenters. The Kier molecular flexibility index (Phi) is 5.25. The third-order valence-corrected chi connectivity index (χ3v) is 9.19. The Bertz CT molecular complexity index is 2790. The van der Waals surface area contributed by atoms with Gasteiger partial charge in [0.05, 0.1) is 22.2 Å². The first kappa shape index (κ1) is 25.1. The fraction of sp³-hybridized carbons (Fsp3) is 0. The summed E-state index contributed by atoms with van der Waals surface area (Å²) in [4.78, 5) is 10.4. The van der Waals surface area contributed by atoms with Crippen molar-refractivity contribution in [2.45, 2.75) is 0 Å². The number of hydrogen-bond donors (Lipinski definition) is 0. The lowest BCUT2D eigenvalue weighted by Crippen LogP contribution is -2.03. The van der Waals surface area contributed by atoms with Crippen LogP contribution in [0.4, 0.5) is 0 Å². The molecule has 10 aromatic rings. The Labute approximate surface area is 263 Å². The van der Waals surface area contributed by atoms with Crippen molar-refractivity contribution in [3.8, 4) is 28.3 Å². The molecule has 0 fully saturated rings. The maximum absolute atomic E-state index is 6.76. The van der Waals surface area contributed by atoms with Crippen molar-refractivity contribution in [1.82, 2.24) is 14.5 Å². The Morgan fingerprint density at radius 1 is 0.435 bits per heavy atom. The zero-order valence-electron chi connectivity index (χ0n) is 24.7. The summed E-state index contributed by atoms with van der Waals surface area (Å²) in [7, 11) is 0. The van der Waals surface area contributed by atoms with E-state index < -0.39 is 0 Å². The second-order valence-corrected chi connectivity index (χ2v) is 11.8. The van der Waals surface area contributed by atoms with Crippen LogP contribution in [0.15, 0.2) is 156 Å². The Hall–Kier alpha value is -6.26. The number of aromatic nitrogens is 3. The molecule has 0 aliphatic heterocycles. The van der Waals surface area contributed by atoms with Gasteiger partial charge in [0.1, 0.15) is 11.2 Å². The molecular weight excluding hydrogens is 562 g/mol. The molecule has 0 aliphatic carbocycles. The number of rotatable bonds is 3. The molecular formula is C42H25N3O. The molecule has 3 aromatic heterocycles. The SMILES string of the molecule is c1ccc(-c2nc(-n3c4ccccc4c4cc5c(cc43)oc3c4ccccc4c(-c4ccccc4)cc53)nc3ccccc23)cc1. The summed E-state index contributed by atoms with van der Waals surface area (Å²) in [5.74, 6) is 0.635. The first-order valence-corrected chi connectivity index (χ1v) is 15.5. The average Bonchev–Trinajstić information content (AvgIpc) is 3.65. The van der Waals surface area contributed by atoms with Gasteiger partial charge in [0.2, 0.25) is 5.95 Å². The van der Waals surface area contributed by atoms with Crippen molar-refractivity contribution in [3.05, 3.63) is 152 Å². The van der Waals surface area contributed by atoms with Gasteiger partial charge in [-0.2, -0.15) is 0 Å². The zero-order valence-corrected chi connectivity index (χ0v) is 24.7. The van der Waals surface area contributed by atoms with E-state index in [0.29, 0.717) is 5.95 Å². The number of benzene rings is 7. The van der Waals surface area contributed by atoms with Crippen molar-refractivity contribution >= 4 is 65.4 Å². The third-order valence-electron chi connectivity index (χ3n) is 9.19. The van der Waals surface area contributed by atoms with Gasteiger partial charge in [-0.15, -0.1) is 0 Å². The summed E-state index contributed by atoms with van der Waals surface area (Å²) < 4.78 is 8.94. The van der Waals surface area contributed by atoms with Crippen molar-refractivity contribution in [1.29, 1.82) is 0 Å². The van der Waals surface area contributed by atoms with E-state index in [-0.39, 0.29) is 0 Å². The molecule has 0 atom stereocenters. The molecule has 46 heavy (non-hydrogen) atoms. The van der Waals surface area contributed by atoms with E-state index >= 15 is 0 Å². The monoisotopic (exact) mass is 587 g/mol. The highest BCUT2D eigenvalue weighted by atomic mass is 16.3. The molecule has 0 aliphatic rings. The largest absolute Gasteiger partial charge is 0.455 e. The Morgan fingerprint density at radius 3 is 1.89 bits per heavy atom. The maximum atomic E-state index is 6.76. The predicted molar refractivity (Wildman–Crippen MR) is 190 cm³/mol. The lowest BCUT2D eigenvalue weighted by Gasteiger charge is -2.11. The van der Waals surface area contributed by atoms with Crippen molar-refractivity contribution in [3.63, 3.8) is 0 Å². The molecule has 0 bridgehead atoms. The van der Waals surface area contributed by atoms with E-state index in [2.05, 4.69) is 138 Å². The maximum Gasteiger partial charge on any atom is 0.235 e. The number of hydrogen-bond acceptors (Lipinski definition) is 3. The van der Waals surface area contributed by atoms with Crippen LogP contribution in [0.1, 0.15) is 0 Å². The van der Waals surface area contributed by atoms with Gasteiger partial charge in [-0.25, -0.2) is 9.97 Å². The number of fused-ring (bicyclic) bond motifs is 9. The van der Waals surface area contributed by atoms with Crippen LogP contribution in [0.3, 0.4) is 0 Å². The third kappa shape index (κ3) is 3.61. The summed E-state index contributed by atoms with van der Waals surface area (Å²) in [5.41, 5.74) is 9.08. The zero-order chi connectivity index (χ0) is 30.2. The standard InChI is InChI=1S/C42H25N3O/c1-3-13-26(14-4-1)32-23-35-34-24-33-29-18-10-12-22-37(29)45(38(33)25-39(34)46-41(35)30-19-8-7-17-28(30)32)42-43-36-21-11-9-20-31(36)40(44-42)27-15-5-2-6-16-27/h1-25H. The molecule has 0 amide bonds. The highest BCUT2D eigenvalue weighted by Crippen LogP contribution is 2.43. The topological polar surface area (TPSA) is 43.9 Å². The first-order valence-electron chi connectivity index (χ1n) is 15.5. The summed E-state index contributed by atoms with van der Waals surface area (Å²) in [6.45, 7) is 0. The molecule has 0 saturated carbocycles. The summed E-state index contributed by atoms with van der Waals surface area (Å²) in [6.07, 6.45) is 0. The van der Waals surface area contributed by atoms with E-state index in [1.165, 1.54) is 16.5 Å². The molecule has 0 radical (unpaired) electrons. The second kappa shape index (κ2) is 9.62. The number of nitrogens with zero attached hydrogens (tertiary/aromatic N) is 3. The number of furan rings is 1. The van der Waals surface area contributed by atoms with Gasteiger partial charge in [0, 0.05) is 43.9 Å². The molecule has 4 heteroatoms. The van der Waals surface area contributed by atoms with Crippen LogP contribution in [0, 0.1) is 0 Å². The van der Waals surface area contributed by atoms with E-state index in [1.807, 2.05) is 18.2 Å². The normalized spacial score (nSPS) is 11.9. The lowest BCUT2D eigenvalue weighted by atomic mass is 9.95. The molecule has 3 heterocycles. The highest BCUT2D eigenvalue weighted by Gasteiger charge is 2.21. The van der Waals surface area contributed by atoms with Crippen molar-refractivity contribution in [2.24, 2.45) is 0 Å². The second-order valence-electron chi connectivity index (χ2n) is 11.8. The van der Waals surface area contributed by atoms with Crippen LogP contribution in [0.5, 0.6) is 0 Å². The van der Waals surface area contributed by atoms with Gasteiger partial charge in [0.25, 0.3) is 0 Å². The van der Waals surface area contributed by atoms with Gasteiger partial charge in [-0.3, -0.25) is 4.57 Å². The molecule has 0 N–H and O–H groups in total. The molecule has 214 valence electrons. The van der Waals surface area contributed by atoms with E-state index in [9.17, 15) is 0 Å². The lowest BCUT2D eigenvalue weighted by molar-refractivity contribution is 0.673. The fourth-order valence-corrected chi connectivity index (χ4v) is 7.11. The van der Waals surface area contributed by atoms with Crippen LogP contribution < -0.4 is 0 Å². The Balaban J connectivity index is 1.31. The van der Waals surface area contributed by atoms with Gasteiger partial charge >= 0.3 is 0 Å². The van der Waals surface area contributed by atoms with Gasteiger partial charge in [0.15, 0.2) is 0 Å². The smallest absolute Gasteiger partial charge is 0.235 e. The summed E-state index contributed by atoms with van der Waals surface area (Å²) >= 11 is 0. The van der Waals surface area contributed by atoms with Crippen molar-refractivity contribution in [2.75, 3.05) is 0 Å². The van der Waals surface area contributed by atoms with Gasteiger partial charge < -0.3 is 4.42 Å².